The minimum Gasteiger partial charge on any atom is -0.497 e. The van der Waals surface area contributed by atoms with Crippen molar-refractivity contribution in [3.05, 3.63) is 65.2 Å². The number of fused-ring (bicyclic) bond motifs is 1. The Kier molecular flexibility index (Phi) is 5.19. The maximum absolute atomic E-state index is 12.0. The molecule has 0 heterocycles. The molecular formula is C21H24O3. The highest BCUT2D eigenvalue weighted by Gasteiger charge is 2.34. The molecule has 3 rings (SSSR count). The van der Waals surface area contributed by atoms with Gasteiger partial charge in [0, 0.05) is 6.42 Å². The number of ether oxygens (including phenoxy) is 2. The van der Waals surface area contributed by atoms with Crippen molar-refractivity contribution in [3.63, 3.8) is 0 Å². The van der Waals surface area contributed by atoms with Crippen LogP contribution in [0, 0.1) is 5.92 Å². The summed E-state index contributed by atoms with van der Waals surface area (Å²) in [7, 11) is 1.69. The van der Waals surface area contributed by atoms with Crippen molar-refractivity contribution >= 4 is 5.97 Å². The fourth-order valence-electron chi connectivity index (χ4n) is 3.70. The topological polar surface area (TPSA) is 35.5 Å². The molecule has 1 aliphatic carbocycles. The van der Waals surface area contributed by atoms with Gasteiger partial charge in [0.2, 0.25) is 0 Å². The van der Waals surface area contributed by atoms with E-state index in [1.54, 1.807) is 7.11 Å². The van der Waals surface area contributed by atoms with E-state index in [1.807, 2.05) is 19.1 Å². The van der Waals surface area contributed by atoms with Crippen LogP contribution < -0.4 is 4.74 Å². The monoisotopic (exact) mass is 324 g/mol. The predicted molar refractivity (Wildman–Crippen MR) is 94.3 cm³/mol. The lowest BCUT2D eigenvalue weighted by atomic mass is 9.85. The number of rotatable bonds is 6. The molecule has 0 bridgehead atoms. The Bertz CT molecular complexity index is 693. The zero-order chi connectivity index (χ0) is 16.9. The normalized spacial score (nSPS) is 18.9. The Morgan fingerprint density at radius 2 is 1.96 bits per heavy atom. The van der Waals surface area contributed by atoms with E-state index >= 15 is 0 Å². The van der Waals surface area contributed by atoms with Crippen molar-refractivity contribution in [2.45, 2.75) is 32.1 Å². The van der Waals surface area contributed by atoms with Gasteiger partial charge in [0.15, 0.2) is 0 Å². The van der Waals surface area contributed by atoms with Crippen LogP contribution in [0.1, 0.15) is 36.0 Å². The summed E-state index contributed by atoms with van der Waals surface area (Å²) >= 11 is 0. The lowest BCUT2D eigenvalue weighted by Crippen LogP contribution is -2.17. The summed E-state index contributed by atoms with van der Waals surface area (Å²) in [5.41, 5.74) is 3.94. The largest absolute Gasteiger partial charge is 0.497 e. The second kappa shape index (κ2) is 7.52. The zero-order valence-corrected chi connectivity index (χ0v) is 14.3. The van der Waals surface area contributed by atoms with E-state index < -0.39 is 0 Å². The van der Waals surface area contributed by atoms with E-state index in [-0.39, 0.29) is 11.9 Å². The Morgan fingerprint density at radius 3 is 2.67 bits per heavy atom. The summed E-state index contributed by atoms with van der Waals surface area (Å²) in [5, 5.41) is 0. The number of carbonyl (C=O) groups excluding carboxylic acids is 1. The Hall–Kier alpha value is -2.29. The molecule has 24 heavy (non-hydrogen) atoms. The quantitative estimate of drug-likeness (QED) is 0.749. The third-order valence-electron chi connectivity index (χ3n) is 4.84. The number of carbonyl (C=O) groups is 1. The van der Waals surface area contributed by atoms with Crippen LogP contribution in [0.25, 0.3) is 0 Å². The van der Waals surface area contributed by atoms with Crippen LogP contribution in [-0.4, -0.2) is 19.7 Å². The van der Waals surface area contributed by atoms with Gasteiger partial charge in [0.05, 0.1) is 13.7 Å². The van der Waals surface area contributed by atoms with Gasteiger partial charge in [-0.2, -0.15) is 0 Å². The van der Waals surface area contributed by atoms with Gasteiger partial charge >= 0.3 is 5.97 Å². The molecule has 0 amide bonds. The zero-order valence-electron chi connectivity index (χ0n) is 14.3. The highest BCUT2D eigenvalue weighted by Crippen LogP contribution is 2.43. The molecule has 0 saturated heterocycles. The van der Waals surface area contributed by atoms with E-state index in [1.165, 1.54) is 16.7 Å². The number of hydrogen-bond acceptors (Lipinski definition) is 3. The van der Waals surface area contributed by atoms with Gasteiger partial charge in [-0.1, -0.05) is 36.4 Å². The van der Waals surface area contributed by atoms with Crippen molar-refractivity contribution in [3.8, 4) is 5.75 Å². The fourth-order valence-corrected chi connectivity index (χ4v) is 3.70. The first-order valence-corrected chi connectivity index (χ1v) is 8.57. The summed E-state index contributed by atoms with van der Waals surface area (Å²) in [6, 6.07) is 16.7. The third kappa shape index (κ3) is 3.61. The Labute approximate surface area is 143 Å². The number of hydrogen-bond donors (Lipinski definition) is 0. The van der Waals surface area contributed by atoms with Crippen LogP contribution in [-0.2, 0) is 22.4 Å². The summed E-state index contributed by atoms with van der Waals surface area (Å²) in [6.07, 6.45) is 2.34. The molecule has 2 aromatic carbocycles. The number of benzene rings is 2. The van der Waals surface area contributed by atoms with Gasteiger partial charge in [-0.15, -0.1) is 0 Å². The van der Waals surface area contributed by atoms with E-state index in [0.717, 1.165) is 18.6 Å². The van der Waals surface area contributed by atoms with Crippen molar-refractivity contribution in [2.24, 2.45) is 5.92 Å². The molecule has 0 aromatic heterocycles. The second-order valence-corrected chi connectivity index (χ2v) is 6.33. The van der Waals surface area contributed by atoms with Gasteiger partial charge in [0.1, 0.15) is 5.75 Å². The van der Waals surface area contributed by atoms with Gasteiger partial charge in [-0.05, 0) is 60.4 Å². The first kappa shape index (κ1) is 16.6. The molecule has 0 aliphatic heterocycles. The van der Waals surface area contributed by atoms with Crippen LogP contribution >= 0.6 is 0 Å². The predicted octanol–water partition coefficient (Wildman–Crippen LogP) is 4.15. The molecule has 1 aliphatic rings. The smallest absolute Gasteiger partial charge is 0.306 e. The lowest BCUT2D eigenvalue weighted by Gasteiger charge is -2.20. The SMILES string of the molecule is CCOC(=O)CC1Cc2ccc(OC)cc2C1Cc1ccccc1. The standard InChI is InChI=1S/C21H24O3/c1-3-24-21(22)13-17-12-16-9-10-18(23-2)14-20(16)19(17)11-15-7-5-4-6-8-15/h4-10,14,17,19H,3,11-13H2,1-2H3. The third-order valence-corrected chi connectivity index (χ3v) is 4.84. The summed E-state index contributed by atoms with van der Waals surface area (Å²) < 4.78 is 10.6. The van der Waals surface area contributed by atoms with Crippen LogP contribution in [0.15, 0.2) is 48.5 Å². The minimum atomic E-state index is -0.0969. The van der Waals surface area contributed by atoms with E-state index in [9.17, 15) is 4.79 Å². The molecule has 0 saturated carbocycles. The molecule has 0 fully saturated rings. The molecule has 0 radical (unpaired) electrons. The van der Waals surface area contributed by atoms with Crippen molar-refractivity contribution in [2.75, 3.05) is 13.7 Å². The highest BCUT2D eigenvalue weighted by atomic mass is 16.5. The average molecular weight is 324 g/mol. The summed E-state index contributed by atoms with van der Waals surface area (Å²) in [5.74, 6) is 1.39. The van der Waals surface area contributed by atoms with Gasteiger partial charge in [0.25, 0.3) is 0 Å². The summed E-state index contributed by atoms with van der Waals surface area (Å²) in [6.45, 7) is 2.29. The van der Waals surface area contributed by atoms with Crippen LogP contribution in [0.3, 0.4) is 0 Å². The maximum atomic E-state index is 12.0. The van der Waals surface area contributed by atoms with Gasteiger partial charge in [-0.3, -0.25) is 4.79 Å². The number of esters is 1. The Morgan fingerprint density at radius 1 is 1.17 bits per heavy atom. The maximum Gasteiger partial charge on any atom is 0.306 e. The van der Waals surface area contributed by atoms with Crippen LogP contribution in [0.4, 0.5) is 0 Å². The fraction of sp³-hybridized carbons (Fsp3) is 0.381. The molecule has 2 aromatic rings. The molecule has 3 heteroatoms. The molecule has 0 spiro atoms. The average Bonchev–Trinajstić information content (AvgIpc) is 2.92. The van der Waals surface area contributed by atoms with Crippen molar-refractivity contribution in [1.82, 2.24) is 0 Å². The van der Waals surface area contributed by atoms with E-state index in [0.29, 0.717) is 18.9 Å². The first-order valence-electron chi connectivity index (χ1n) is 8.57. The van der Waals surface area contributed by atoms with Crippen molar-refractivity contribution < 1.29 is 14.3 Å². The first-order chi connectivity index (χ1) is 11.7. The van der Waals surface area contributed by atoms with Gasteiger partial charge < -0.3 is 9.47 Å². The van der Waals surface area contributed by atoms with Crippen LogP contribution in [0.5, 0.6) is 5.75 Å². The van der Waals surface area contributed by atoms with E-state index in [2.05, 4.69) is 36.4 Å². The molecule has 2 atom stereocenters. The Balaban J connectivity index is 1.87. The molecule has 0 N–H and O–H groups in total. The molecule has 3 nitrogen and oxygen atoms in total. The summed E-state index contributed by atoms with van der Waals surface area (Å²) in [4.78, 5) is 12.0. The van der Waals surface area contributed by atoms with E-state index in [4.69, 9.17) is 9.47 Å². The highest BCUT2D eigenvalue weighted by molar-refractivity contribution is 5.70. The molecular weight excluding hydrogens is 300 g/mol. The number of methoxy groups -OCH3 is 1. The van der Waals surface area contributed by atoms with Gasteiger partial charge in [-0.25, -0.2) is 0 Å². The minimum absolute atomic E-state index is 0.0969. The van der Waals surface area contributed by atoms with Crippen LogP contribution in [0.2, 0.25) is 0 Å². The second-order valence-electron chi connectivity index (χ2n) is 6.33. The molecule has 2 unspecified atom stereocenters. The lowest BCUT2D eigenvalue weighted by molar-refractivity contribution is -0.144. The van der Waals surface area contributed by atoms with Crippen molar-refractivity contribution in [1.29, 1.82) is 0 Å². The molecule has 126 valence electrons.